The van der Waals surface area contributed by atoms with Crippen LogP contribution in [0.15, 0.2) is 29.3 Å². The Bertz CT molecular complexity index is 570. The maximum absolute atomic E-state index is 13.8. The molecule has 0 saturated carbocycles. The minimum Gasteiger partial charge on any atom is -0.381 e. The maximum Gasteiger partial charge on any atom is 0.193 e. The van der Waals surface area contributed by atoms with Crippen molar-refractivity contribution in [3.05, 3.63) is 35.6 Å². The van der Waals surface area contributed by atoms with Gasteiger partial charge in [0, 0.05) is 38.3 Å². The number of rotatable bonds is 4. The summed E-state index contributed by atoms with van der Waals surface area (Å²) >= 11 is 0. The predicted octanol–water partition coefficient (Wildman–Crippen LogP) is 3.55. The highest BCUT2D eigenvalue weighted by molar-refractivity contribution is 14.0. The first-order valence-electron chi connectivity index (χ1n) is 9.10. The van der Waals surface area contributed by atoms with E-state index in [4.69, 9.17) is 9.73 Å². The number of likely N-dealkylation sites (tertiary alicyclic amines) is 1. The Hall–Kier alpha value is -0.890. The summed E-state index contributed by atoms with van der Waals surface area (Å²) in [6, 6.07) is 7.02. The molecule has 1 aromatic rings. The monoisotopic (exact) mass is 461 g/mol. The molecule has 0 unspecified atom stereocenters. The van der Waals surface area contributed by atoms with Crippen molar-refractivity contribution in [1.82, 2.24) is 10.2 Å². The summed E-state index contributed by atoms with van der Waals surface area (Å²) in [6.45, 7) is 7.22. The number of aliphatic imine (C=N–C) groups is 1. The lowest BCUT2D eigenvalue weighted by Gasteiger charge is -2.37. The molecule has 25 heavy (non-hydrogen) atoms. The van der Waals surface area contributed by atoms with Gasteiger partial charge in [0.1, 0.15) is 5.82 Å². The first-order valence-corrected chi connectivity index (χ1v) is 9.10. The Morgan fingerprint density at radius 3 is 2.64 bits per heavy atom. The van der Waals surface area contributed by atoms with Gasteiger partial charge in [-0.15, -0.1) is 24.0 Å². The molecule has 0 radical (unpaired) electrons. The molecule has 2 saturated heterocycles. The summed E-state index contributed by atoms with van der Waals surface area (Å²) in [6.07, 6.45) is 4.24. The summed E-state index contributed by atoms with van der Waals surface area (Å²) in [4.78, 5) is 7.29. The number of hydrogen-bond donors (Lipinski definition) is 1. The summed E-state index contributed by atoms with van der Waals surface area (Å²) in [5.74, 6) is 0.825. The molecular weight excluding hydrogens is 432 g/mol. The Balaban J connectivity index is 0.00000225. The third kappa shape index (κ3) is 5.06. The molecule has 1 N–H and O–H groups in total. The minimum absolute atomic E-state index is 0. The molecule has 2 heterocycles. The lowest BCUT2D eigenvalue weighted by molar-refractivity contribution is 0.0529. The second-order valence-corrected chi connectivity index (χ2v) is 6.77. The Morgan fingerprint density at radius 2 is 2.00 bits per heavy atom. The molecule has 0 aromatic heterocycles. The number of benzene rings is 1. The van der Waals surface area contributed by atoms with Crippen molar-refractivity contribution in [2.45, 2.75) is 38.0 Å². The van der Waals surface area contributed by atoms with Gasteiger partial charge in [0.05, 0.1) is 6.54 Å². The number of guanidine groups is 1. The zero-order valence-electron chi connectivity index (χ0n) is 15.0. The van der Waals surface area contributed by atoms with Gasteiger partial charge in [-0.2, -0.15) is 0 Å². The lowest BCUT2D eigenvalue weighted by Crippen LogP contribution is -2.42. The second kappa shape index (κ2) is 9.71. The van der Waals surface area contributed by atoms with Crippen molar-refractivity contribution < 1.29 is 9.13 Å². The Morgan fingerprint density at radius 1 is 1.28 bits per heavy atom. The van der Waals surface area contributed by atoms with E-state index in [1.54, 1.807) is 12.1 Å². The van der Waals surface area contributed by atoms with Crippen LogP contribution in [0.3, 0.4) is 0 Å². The van der Waals surface area contributed by atoms with Crippen LogP contribution in [0.2, 0.25) is 0 Å². The zero-order chi connectivity index (χ0) is 16.8. The standard InChI is InChI=1S/C19H28FN3O.HI/c1-2-21-18(23-10-3-4-11-23)22-15-19(8-12-24-13-9-19)16-6-5-7-17(20)14-16;/h5-7,14H,2-4,8-13,15H2,1H3,(H,21,22);1H. The van der Waals surface area contributed by atoms with Crippen molar-refractivity contribution in [3.63, 3.8) is 0 Å². The van der Waals surface area contributed by atoms with Crippen molar-refractivity contribution >= 4 is 29.9 Å². The third-order valence-electron chi connectivity index (χ3n) is 5.16. The normalized spacial score (nSPS) is 20.2. The van der Waals surface area contributed by atoms with Gasteiger partial charge in [-0.3, -0.25) is 4.99 Å². The number of nitrogens with one attached hydrogen (secondary N) is 1. The van der Waals surface area contributed by atoms with Crippen LogP contribution in [0.4, 0.5) is 4.39 Å². The van der Waals surface area contributed by atoms with E-state index in [0.29, 0.717) is 19.8 Å². The highest BCUT2D eigenvalue weighted by Crippen LogP contribution is 2.35. The van der Waals surface area contributed by atoms with E-state index in [2.05, 4.69) is 17.1 Å². The molecule has 0 bridgehead atoms. The van der Waals surface area contributed by atoms with Gasteiger partial charge in [0.15, 0.2) is 5.96 Å². The number of ether oxygens (including phenoxy) is 1. The van der Waals surface area contributed by atoms with Gasteiger partial charge in [-0.1, -0.05) is 12.1 Å². The van der Waals surface area contributed by atoms with E-state index < -0.39 is 0 Å². The van der Waals surface area contributed by atoms with Crippen molar-refractivity contribution in [3.8, 4) is 0 Å². The van der Waals surface area contributed by atoms with Crippen LogP contribution in [0, 0.1) is 5.82 Å². The molecule has 0 aliphatic carbocycles. The SMILES string of the molecule is CCNC(=NCC1(c2cccc(F)c2)CCOCC1)N1CCCC1.I. The molecule has 4 nitrogen and oxygen atoms in total. The zero-order valence-corrected chi connectivity index (χ0v) is 17.3. The fourth-order valence-corrected chi connectivity index (χ4v) is 3.70. The van der Waals surface area contributed by atoms with Crippen molar-refractivity contribution in [2.24, 2.45) is 4.99 Å². The number of halogens is 2. The predicted molar refractivity (Wildman–Crippen MR) is 110 cm³/mol. The summed E-state index contributed by atoms with van der Waals surface area (Å²) in [5.41, 5.74) is 0.924. The van der Waals surface area contributed by atoms with Crippen LogP contribution in [0.5, 0.6) is 0 Å². The smallest absolute Gasteiger partial charge is 0.193 e. The first-order chi connectivity index (χ1) is 11.7. The molecule has 2 aliphatic rings. The number of nitrogens with zero attached hydrogens (tertiary/aromatic N) is 2. The van der Waals surface area contributed by atoms with Gasteiger partial charge in [-0.25, -0.2) is 4.39 Å². The largest absolute Gasteiger partial charge is 0.381 e. The molecule has 3 rings (SSSR count). The van der Waals surface area contributed by atoms with E-state index >= 15 is 0 Å². The van der Waals surface area contributed by atoms with Gasteiger partial charge < -0.3 is 15.0 Å². The van der Waals surface area contributed by atoms with Crippen LogP contribution >= 0.6 is 24.0 Å². The molecule has 0 amide bonds. The van der Waals surface area contributed by atoms with Crippen LogP contribution in [0.25, 0.3) is 0 Å². The minimum atomic E-state index is -0.172. The highest BCUT2D eigenvalue weighted by atomic mass is 127. The summed E-state index contributed by atoms with van der Waals surface area (Å²) in [5, 5.41) is 3.41. The molecule has 2 aliphatic heterocycles. The second-order valence-electron chi connectivity index (χ2n) is 6.77. The maximum atomic E-state index is 13.8. The van der Waals surface area contributed by atoms with Crippen LogP contribution in [-0.4, -0.2) is 50.3 Å². The van der Waals surface area contributed by atoms with Crippen LogP contribution in [0.1, 0.15) is 38.2 Å². The van der Waals surface area contributed by atoms with Crippen LogP contribution < -0.4 is 5.32 Å². The molecular formula is C19H29FIN3O. The molecule has 0 atom stereocenters. The van der Waals surface area contributed by atoms with Gasteiger partial charge in [0.2, 0.25) is 0 Å². The average Bonchev–Trinajstić information content (AvgIpc) is 3.14. The Kier molecular flexibility index (Phi) is 7.93. The first kappa shape index (κ1) is 20.4. The van der Waals surface area contributed by atoms with Crippen molar-refractivity contribution in [1.29, 1.82) is 0 Å². The van der Waals surface area contributed by atoms with Crippen LogP contribution in [-0.2, 0) is 10.2 Å². The molecule has 0 spiro atoms. The quantitative estimate of drug-likeness (QED) is 0.424. The molecule has 2 fully saturated rings. The van der Waals surface area contributed by atoms with E-state index in [9.17, 15) is 4.39 Å². The molecule has 140 valence electrons. The van der Waals surface area contributed by atoms with E-state index in [0.717, 1.165) is 44.0 Å². The average molecular weight is 461 g/mol. The van der Waals surface area contributed by atoms with Crippen molar-refractivity contribution in [2.75, 3.05) is 39.4 Å². The number of hydrogen-bond acceptors (Lipinski definition) is 2. The topological polar surface area (TPSA) is 36.9 Å². The molecule has 1 aromatic carbocycles. The fourth-order valence-electron chi connectivity index (χ4n) is 3.70. The summed E-state index contributed by atoms with van der Waals surface area (Å²) < 4.78 is 19.3. The third-order valence-corrected chi connectivity index (χ3v) is 5.16. The van der Waals surface area contributed by atoms with Gasteiger partial charge in [-0.05, 0) is 50.3 Å². The van der Waals surface area contributed by atoms with E-state index in [1.165, 1.54) is 18.9 Å². The lowest BCUT2D eigenvalue weighted by atomic mass is 9.74. The van der Waals surface area contributed by atoms with Gasteiger partial charge in [0.25, 0.3) is 0 Å². The summed E-state index contributed by atoms with van der Waals surface area (Å²) in [7, 11) is 0. The fraction of sp³-hybridized carbons (Fsp3) is 0.632. The van der Waals surface area contributed by atoms with E-state index in [-0.39, 0.29) is 35.2 Å². The van der Waals surface area contributed by atoms with E-state index in [1.807, 2.05) is 6.07 Å². The molecule has 6 heteroatoms. The van der Waals surface area contributed by atoms with Gasteiger partial charge >= 0.3 is 0 Å². The Labute approximate surface area is 167 Å². The highest BCUT2D eigenvalue weighted by Gasteiger charge is 2.35.